The molecule has 1 saturated heterocycles. The van der Waals surface area contributed by atoms with Gasteiger partial charge in [-0.3, -0.25) is 0 Å². The van der Waals surface area contributed by atoms with Gasteiger partial charge in [-0.1, -0.05) is 0 Å². The van der Waals surface area contributed by atoms with Crippen LogP contribution in [0.15, 0.2) is 10.8 Å². The molecule has 0 unspecified atom stereocenters. The van der Waals surface area contributed by atoms with E-state index in [9.17, 15) is 0 Å². The molecular formula is C7H12BrCl2N3. The monoisotopic (exact) mass is 287 g/mol. The Bertz CT molecular complexity index is 248. The fraction of sp³-hybridized carbons (Fsp3) is 0.571. The first-order valence-electron chi connectivity index (χ1n) is 3.82. The largest absolute Gasteiger partial charge is 0.342 e. The molecule has 2 rings (SSSR count). The van der Waals surface area contributed by atoms with Gasteiger partial charge in [0.05, 0.1) is 6.20 Å². The van der Waals surface area contributed by atoms with Crippen molar-refractivity contribution in [3.63, 3.8) is 0 Å². The summed E-state index contributed by atoms with van der Waals surface area (Å²) in [5.74, 6) is 0.995. The van der Waals surface area contributed by atoms with Crippen LogP contribution in [-0.2, 0) is 0 Å². The van der Waals surface area contributed by atoms with Crippen LogP contribution < -0.4 is 4.90 Å². The molecule has 0 spiro atoms. The van der Waals surface area contributed by atoms with E-state index in [0.717, 1.165) is 23.6 Å². The molecule has 76 valence electrons. The summed E-state index contributed by atoms with van der Waals surface area (Å²) < 4.78 is 0.958. The number of nitrogens with one attached hydrogen (secondary N) is 1. The van der Waals surface area contributed by atoms with Crippen LogP contribution in [0.4, 0.5) is 5.95 Å². The molecule has 1 fully saturated rings. The molecule has 0 aliphatic carbocycles. The Kier molecular flexibility index (Phi) is 5.76. The van der Waals surface area contributed by atoms with Crippen molar-refractivity contribution in [1.82, 2.24) is 9.97 Å². The quantitative estimate of drug-likeness (QED) is 0.861. The first-order chi connectivity index (χ1) is 5.36. The van der Waals surface area contributed by atoms with Crippen LogP contribution >= 0.6 is 40.7 Å². The third-order valence-electron chi connectivity index (χ3n) is 1.94. The van der Waals surface area contributed by atoms with Gasteiger partial charge in [-0.05, 0) is 28.8 Å². The molecule has 0 amide bonds. The van der Waals surface area contributed by atoms with Crippen molar-refractivity contribution in [2.45, 2.75) is 12.8 Å². The Hall–Kier alpha value is 0.0700. The molecule has 1 N–H and O–H groups in total. The number of imidazole rings is 1. The molecule has 3 nitrogen and oxygen atoms in total. The summed E-state index contributed by atoms with van der Waals surface area (Å²) in [6.45, 7) is 2.28. The first kappa shape index (κ1) is 13.1. The van der Waals surface area contributed by atoms with Gasteiger partial charge in [0.1, 0.15) is 4.60 Å². The maximum absolute atomic E-state index is 4.22. The van der Waals surface area contributed by atoms with Crippen LogP contribution in [0.2, 0.25) is 0 Å². The number of rotatable bonds is 1. The average molecular weight is 289 g/mol. The van der Waals surface area contributed by atoms with Crippen molar-refractivity contribution in [2.24, 2.45) is 0 Å². The zero-order chi connectivity index (χ0) is 7.68. The van der Waals surface area contributed by atoms with Crippen LogP contribution in [0.25, 0.3) is 0 Å². The van der Waals surface area contributed by atoms with Gasteiger partial charge in [-0.25, -0.2) is 4.98 Å². The summed E-state index contributed by atoms with van der Waals surface area (Å²) >= 11 is 3.33. The lowest BCUT2D eigenvalue weighted by atomic mass is 10.4. The van der Waals surface area contributed by atoms with Gasteiger partial charge >= 0.3 is 0 Å². The van der Waals surface area contributed by atoms with Crippen LogP contribution in [0, 0.1) is 0 Å². The van der Waals surface area contributed by atoms with E-state index < -0.39 is 0 Å². The lowest BCUT2D eigenvalue weighted by Gasteiger charge is -2.12. The minimum absolute atomic E-state index is 0. The number of aromatic nitrogens is 2. The van der Waals surface area contributed by atoms with E-state index in [0.29, 0.717) is 0 Å². The maximum atomic E-state index is 4.22. The molecule has 1 aromatic rings. The summed E-state index contributed by atoms with van der Waals surface area (Å²) in [6.07, 6.45) is 4.38. The van der Waals surface area contributed by atoms with E-state index in [2.05, 4.69) is 30.8 Å². The standard InChI is InChI=1S/C7H10BrN3.2ClH/c8-6-5-9-7(10-6)11-3-1-2-4-11;;/h5H,1-4H2,(H,9,10);2*1H. The summed E-state index contributed by atoms with van der Waals surface area (Å²) in [4.78, 5) is 9.64. The minimum Gasteiger partial charge on any atom is -0.342 e. The fourth-order valence-electron chi connectivity index (χ4n) is 1.38. The molecule has 1 aliphatic heterocycles. The van der Waals surface area contributed by atoms with E-state index in [-0.39, 0.29) is 24.8 Å². The van der Waals surface area contributed by atoms with Crippen molar-refractivity contribution < 1.29 is 0 Å². The van der Waals surface area contributed by atoms with Crippen LogP contribution in [0.1, 0.15) is 12.8 Å². The Morgan fingerprint density at radius 2 is 1.92 bits per heavy atom. The molecule has 0 radical (unpaired) electrons. The van der Waals surface area contributed by atoms with Crippen molar-refractivity contribution >= 4 is 46.7 Å². The van der Waals surface area contributed by atoms with Crippen molar-refractivity contribution in [3.8, 4) is 0 Å². The van der Waals surface area contributed by atoms with Crippen molar-refractivity contribution in [1.29, 1.82) is 0 Å². The SMILES string of the molecule is Brc1cnc(N2CCCC2)[nH]1.Cl.Cl. The van der Waals surface area contributed by atoms with Crippen molar-refractivity contribution in [3.05, 3.63) is 10.8 Å². The minimum atomic E-state index is 0. The normalized spacial score (nSPS) is 15.0. The number of aromatic amines is 1. The summed E-state index contributed by atoms with van der Waals surface area (Å²) in [5.41, 5.74) is 0. The summed E-state index contributed by atoms with van der Waals surface area (Å²) in [5, 5.41) is 0. The molecular weight excluding hydrogens is 277 g/mol. The highest BCUT2D eigenvalue weighted by Gasteiger charge is 2.14. The van der Waals surface area contributed by atoms with E-state index in [1.807, 2.05) is 0 Å². The van der Waals surface area contributed by atoms with Gasteiger partial charge in [-0.15, -0.1) is 24.8 Å². The number of hydrogen-bond donors (Lipinski definition) is 1. The van der Waals surface area contributed by atoms with Gasteiger partial charge in [0.2, 0.25) is 5.95 Å². The Morgan fingerprint density at radius 1 is 1.31 bits per heavy atom. The van der Waals surface area contributed by atoms with Gasteiger partial charge in [0.15, 0.2) is 0 Å². The number of anilines is 1. The summed E-state index contributed by atoms with van der Waals surface area (Å²) in [7, 11) is 0. The summed E-state index contributed by atoms with van der Waals surface area (Å²) in [6, 6.07) is 0. The van der Waals surface area contributed by atoms with E-state index >= 15 is 0 Å². The Morgan fingerprint density at radius 3 is 2.38 bits per heavy atom. The average Bonchev–Trinajstić information content (AvgIpc) is 2.55. The number of halogens is 3. The Balaban J connectivity index is 0.000000720. The van der Waals surface area contributed by atoms with E-state index in [1.54, 1.807) is 6.20 Å². The number of nitrogens with zero attached hydrogens (tertiary/aromatic N) is 2. The third kappa shape index (κ3) is 3.04. The predicted octanol–water partition coefficient (Wildman–Crippen LogP) is 2.62. The molecule has 13 heavy (non-hydrogen) atoms. The second-order valence-corrected chi connectivity index (χ2v) is 3.60. The molecule has 1 aliphatic rings. The lowest BCUT2D eigenvalue weighted by Crippen LogP contribution is -2.18. The van der Waals surface area contributed by atoms with Gasteiger partial charge in [-0.2, -0.15) is 0 Å². The molecule has 2 heterocycles. The highest BCUT2D eigenvalue weighted by atomic mass is 79.9. The number of H-pyrrole nitrogens is 1. The second-order valence-electron chi connectivity index (χ2n) is 2.75. The molecule has 1 aromatic heterocycles. The highest BCUT2D eigenvalue weighted by molar-refractivity contribution is 9.10. The Labute approximate surface area is 98.2 Å². The van der Waals surface area contributed by atoms with Gasteiger partial charge in [0.25, 0.3) is 0 Å². The predicted molar refractivity (Wildman–Crippen MR) is 62.2 cm³/mol. The lowest BCUT2D eigenvalue weighted by molar-refractivity contribution is 0.917. The van der Waals surface area contributed by atoms with Gasteiger partial charge < -0.3 is 9.88 Å². The van der Waals surface area contributed by atoms with E-state index in [4.69, 9.17) is 0 Å². The van der Waals surface area contributed by atoms with E-state index in [1.165, 1.54) is 12.8 Å². The second kappa shape index (κ2) is 5.73. The van der Waals surface area contributed by atoms with Crippen molar-refractivity contribution in [2.75, 3.05) is 18.0 Å². The van der Waals surface area contributed by atoms with Crippen LogP contribution in [0.5, 0.6) is 0 Å². The molecule has 0 bridgehead atoms. The van der Waals surface area contributed by atoms with Crippen LogP contribution in [0.3, 0.4) is 0 Å². The highest BCUT2D eigenvalue weighted by Crippen LogP contribution is 2.17. The molecule has 0 atom stereocenters. The smallest absolute Gasteiger partial charge is 0.203 e. The maximum Gasteiger partial charge on any atom is 0.203 e. The zero-order valence-electron chi connectivity index (χ0n) is 6.99. The molecule has 0 saturated carbocycles. The third-order valence-corrected chi connectivity index (χ3v) is 2.34. The van der Waals surface area contributed by atoms with Crippen LogP contribution in [-0.4, -0.2) is 23.1 Å². The molecule has 0 aromatic carbocycles. The zero-order valence-corrected chi connectivity index (χ0v) is 10.2. The topological polar surface area (TPSA) is 31.9 Å². The fourth-order valence-corrected chi connectivity index (χ4v) is 1.66. The first-order valence-corrected chi connectivity index (χ1v) is 4.61. The molecule has 6 heteroatoms. The number of hydrogen-bond acceptors (Lipinski definition) is 2. The van der Waals surface area contributed by atoms with Gasteiger partial charge in [0, 0.05) is 13.1 Å².